The normalized spacial score (nSPS) is 13.1. The minimum atomic E-state index is -0.809. The number of hydrogen-bond donors (Lipinski definition) is 2. The van der Waals surface area contributed by atoms with Gasteiger partial charge in [0.15, 0.2) is 0 Å². The monoisotopic (exact) mass is 149 g/mol. The third kappa shape index (κ3) is 4.29. The summed E-state index contributed by atoms with van der Waals surface area (Å²) in [6.07, 6.45) is 0. The van der Waals surface area contributed by atoms with Crippen LogP contribution in [0, 0.1) is 0 Å². The van der Waals surface area contributed by atoms with Crippen molar-refractivity contribution in [3.8, 4) is 0 Å². The average molecular weight is 149 g/mol. The molecule has 0 aliphatic rings. The molecule has 4 heteroatoms. The van der Waals surface area contributed by atoms with E-state index in [0.29, 0.717) is 0 Å². The Morgan fingerprint density at radius 1 is 1.89 bits per heavy atom. The lowest BCUT2D eigenvalue weighted by Gasteiger charge is -2.04. The predicted molar refractivity (Wildman–Crippen MR) is 38.4 cm³/mol. The summed E-state index contributed by atoms with van der Waals surface area (Å²) in [5, 5.41) is 8.33. The number of aliphatic carboxylic acids is 1. The molecule has 0 radical (unpaired) electrons. The van der Waals surface area contributed by atoms with Gasteiger partial charge in [-0.15, -0.1) is 0 Å². The van der Waals surface area contributed by atoms with Crippen molar-refractivity contribution in [3.05, 3.63) is 0 Å². The molecule has 0 heterocycles. The largest absolute Gasteiger partial charge is 0.480 e. The first-order valence-electron chi connectivity index (χ1n) is 2.78. The molecule has 54 valence electrons. The van der Waals surface area contributed by atoms with Crippen LogP contribution in [0.2, 0.25) is 0 Å². The van der Waals surface area contributed by atoms with Crippen LogP contribution in [-0.2, 0) is 4.79 Å². The molecule has 0 rings (SSSR count). The van der Waals surface area contributed by atoms with Crippen LogP contribution in [0.5, 0.6) is 0 Å². The summed E-state index contributed by atoms with van der Waals surface area (Å²) in [5.74, 6) is 0.0772. The number of nitrogens with one attached hydrogen (secondary N) is 1. The fraction of sp³-hybridized carbons (Fsp3) is 0.800. The quantitative estimate of drug-likeness (QED) is 0.578. The Labute approximate surface area is 59.0 Å². The van der Waals surface area contributed by atoms with Gasteiger partial charge in [-0.1, -0.05) is 18.9 Å². The van der Waals surface area contributed by atoms with Gasteiger partial charge in [-0.3, -0.25) is 9.52 Å². The summed E-state index contributed by atoms with van der Waals surface area (Å²) in [6.45, 7) is 3.58. The Bertz CT molecular complexity index is 97.0. The molecule has 0 fully saturated rings. The molecular formula is C5H11NO2S. The van der Waals surface area contributed by atoms with Gasteiger partial charge in [-0.25, -0.2) is 0 Å². The van der Waals surface area contributed by atoms with Crippen LogP contribution in [-0.4, -0.2) is 22.9 Å². The molecule has 2 N–H and O–H groups in total. The standard InChI is InChI=1S/C5H11NO2S/c1-3-9-6-4(2)5(7)8/h4,6H,3H2,1-2H3,(H,7,8)/t4-/m0/s1. The summed E-state index contributed by atoms with van der Waals surface area (Å²) in [5.41, 5.74) is 0. The number of carboxylic acid groups (broad SMARTS) is 1. The molecular weight excluding hydrogens is 138 g/mol. The van der Waals surface area contributed by atoms with Crippen molar-refractivity contribution in [1.29, 1.82) is 0 Å². The van der Waals surface area contributed by atoms with Gasteiger partial charge in [0.1, 0.15) is 6.04 Å². The number of carbonyl (C=O) groups is 1. The van der Waals surface area contributed by atoms with E-state index in [4.69, 9.17) is 5.11 Å². The summed E-state index contributed by atoms with van der Waals surface area (Å²) in [6, 6.07) is -0.449. The Balaban J connectivity index is 3.27. The summed E-state index contributed by atoms with van der Waals surface area (Å²) in [7, 11) is 0. The minimum absolute atomic E-state index is 0.449. The first-order chi connectivity index (χ1) is 4.18. The minimum Gasteiger partial charge on any atom is -0.480 e. The van der Waals surface area contributed by atoms with Crippen LogP contribution in [0.15, 0.2) is 0 Å². The molecule has 0 amide bonds. The highest BCUT2D eigenvalue weighted by atomic mass is 32.2. The van der Waals surface area contributed by atoms with Crippen LogP contribution in [0.25, 0.3) is 0 Å². The maximum Gasteiger partial charge on any atom is 0.321 e. The SMILES string of the molecule is CCSN[C@@H](C)C(=O)O. The zero-order valence-corrected chi connectivity index (χ0v) is 6.36. The van der Waals surface area contributed by atoms with Gasteiger partial charge < -0.3 is 5.11 Å². The Kier molecular flexibility index (Phi) is 4.53. The maximum atomic E-state index is 10.1. The van der Waals surface area contributed by atoms with E-state index in [1.807, 2.05) is 6.92 Å². The van der Waals surface area contributed by atoms with Crippen molar-refractivity contribution >= 4 is 17.9 Å². The highest BCUT2D eigenvalue weighted by Gasteiger charge is 2.07. The van der Waals surface area contributed by atoms with E-state index in [-0.39, 0.29) is 0 Å². The van der Waals surface area contributed by atoms with E-state index in [1.165, 1.54) is 11.9 Å². The Morgan fingerprint density at radius 3 is 2.78 bits per heavy atom. The summed E-state index contributed by atoms with van der Waals surface area (Å²) >= 11 is 1.41. The van der Waals surface area contributed by atoms with E-state index >= 15 is 0 Å². The topological polar surface area (TPSA) is 49.3 Å². The maximum absolute atomic E-state index is 10.1. The fourth-order valence-electron chi connectivity index (χ4n) is 0.259. The van der Waals surface area contributed by atoms with Gasteiger partial charge in [0.05, 0.1) is 0 Å². The van der Waals surface area contributed by atoms with Crippen LogP contribution in [0.1, 0.15) is 13.8 Å². The molecule has 9 heavy (non-hydrogen) atoms. The second kappa shape index (κ2) is 4.64. The molecule has 3 nitrogen and oxygen atoms in total. The highest BCUT2D eigenvalue weighted by molar-refractivity contribution is 7.97. The zero-order chi connectivity index (χ0) is 7.28. The van der Waals surface area contributed by atoms with E-state index < -0.39 is 12.0 Å². The summed E-state index contributed by atoms with van der Waals surface area (Å²) < 4.78 is 2.75. The first kappa shape index (κ1) is 8.78. The molecule has 0 aromatic carbocycles. The molecule has 0 unspecified atom stereocenters. The third-order valence-electron chi connectivity index (χ3n) is 0.775. The second-order valence-corrected chi connectivity index (χ2v) is 2.71. The molecule has 1 atom stereocenters. The first-order valence-corrected chi connectivity index (χ1v) is 3.77. The highest BCUT2D eigenvalue weighted by Crippen LogP contribution is 1.93. The van der Waals surface area contributed by atoms with Gasteiger partial charge in [0, 0.05) is 5.75 Å². The molecule has 0 aromatic heterocycles. The van der Waals surface area contributed by atoms with Gasteiger partial charge in [0.2, 0.25) is 0 Å². The van der Waals surface area contributed by atoms with Crippen LogP contribution < -0.4 is 4.72 Å². The Hall–Kier alpha value is -0.220. The zero-order valence-electron chi connectivity index (χ0n) is 5.55. The van der Waals surface area contributed by atoms with E-state index in [2.05, 4.69) is 4.72 Å². The van der Waals surface area contributed by atoms with Crippen molar-refractivity contribution in [2.24, 2.45) is 0 Å². The third-order valence-corrected chi connectivity index (χ3v) is 1.58. The van der Waals surface area contributed by atoms with Gasteiger partial charge in [0.25, 0.3) is 0 Å². The fourth-order valence-corrected chi connectivity index (χ4v) is 0.776. The van der Waals surface area contributed by atoms with Crippen LogP contribution >= 0.6 is 11.9 Å². The smallest absolute Gasteiger partial charge is 0.321 e. The molecule has 0 aliphatic carbocycles. The van der Waals surface area contributed by atoms with Crippen molar-refractivity contribution in [1.82, 2.24) is 4.72 Å². The lowest BCUT2D eigenvalue weighted by atomic mass is 10.4. The molecule has 0 bridgehead atoms. The molecule has 0 saturated heterocycles. The number of hydrogen-bond acceptors (Lipinski definition) is 3. The molecule has 0 aromatic rings. The van der Waals surface area contributed by atoms with Crippen molar-refractivity contribution in [3.63, 3.8) is 0 Å². The van der Waals surface area contributed by atoms with Crippen molar-refractivity contribution in [2.75, 3.05) is 5.75 Å². The molecule has 0 aliphatic heterocycles. The van der Waals surface area contributed by atoms with Crippen LogP contribution in [0.3, 0.4) is 0 Å². The molecule has 0 spiro atoms. The lowest BCUT2D eigenvalue weighted by Crippen LogP contribution is -2.28. The van der Waals surface area contributed by atoms with Crippen LogP contribution in [0.4, 0.5) is 0 Å². The average Bonchev–Trinajstić information content (AvgIpc) is 1.82. The molecule has 0 saturated carbocycles. The van der Waals surface area contributed by atoms with Crippen molar-refractivity contribution in [2.45, 2.75) is 19.9 Å². The van der Waals surface area contributed by atoms with E-state index in [1.54, 1.807) is 6.92 Å². The summed E-state index contributed by atoms with van der Waals surface area (Å²) in [4.78, 5) is 10.1. The number of carboxylic acids is 1. The lowest BCUT2D eigenvalue weighted by molar-refractivity contribution is -0.138. The van der Waals surface area contributed by atoms with Gasteiger partial charge in [-0.2, -0.15) is 0 Å². The van der Waals surface area contributed by atoms with E-state index in [0.717, 1.165) is 5.75 Å². The van der Waals surface area contributed by atoms with Gasteiger partial charge >= 0.3 is 5.97 Å². The number of rotatable bonds is 4. The van der Waals surface area contributed by atoms with E-state index in [9.17, 15) is 4.79 Å². The van der Waals surface area contributed by atoms with Gasteiger partial charge in [-0.05, 0) is 6.92 Å². The Morgan fingerprint density at radius 2 is 2.44 bits per heavy atom. The second-order valence-electron chi connectivity index (χ2n) is 1.61. The van der Waals surface area contributed by atoms with Crippen molar-refractivity contribution < 1.29 is 9.90 Å². The predicted octanol–water partition coefficient (Wildman–Crippen LogP) is 0.717.